The maximum absolute atomic E-state index is 13.5. The van der Waals surface area contributed by atoms with Gasteiger partial charge in [0.05, 0.1) is 43.0 Å². The van der Waals surface area contributed by atoms with Crippen molar-refractivity contribution in [2.24, 2.45) is 0 Å². The molecule has 5 rings (SSSR count). The lowest BCUT2D eigenvalue weighted by Gasteiger charge is -2.48. The number of carbonyl (C=O) groups excluding carboxylic acids is 2. The van der Waals surface area contributed by atoms with Crippen LogP contribution in [0.25, 0.3) is 0 Å². The summed E-state index contributed by atoms with van der Waals surface area (Å²) in [7, 11) is 0. The summed E-state index contributed by atoms with van der Waals surface area (Å²) in [4.78, 5) is 52.7. The fraction of sp³-hybridized carbons (Fsp3) is 0.581. The van der Waals surface area contributed by atoms with Crippen LogP contribution in [-0.4, -0.2) is 114 Å². The Labute approximate surface area is 375 Å². The second-order valence-corrected chi connectivity index (χ2v) is 16.2. The molecule has 3 aromatic rings. The van der Waals surface area contributed by atoms with Crippen molar-refractivity contribution >= 4 is 34.8 Å². The molecule has 2 heterocycles. The lowest BCUT2D eigenvalue weighted by Crippen LogP contribution is -2.69. The van der Waals surface area contributed by atoms with Gasteiger partial charge in [-0.25, -0.2) is 9.59 Å². The molecule has 9 atom stereocenters. The summed E-state index contributed by atoms with van der Waals surface area (Å²) in [6.07, 6.45) is -10.5. The van der Waals surface area contributed by atoms with Crippen molar-refractivity contribution < 1.29 is 70.6 Å². The predicted octanol–water partition coefficient (Wildman–Crippen LogP) is 4.64. The van der Waals surface area contributed by atoms with E-state index in [-0.39, 0.29) is 22.7 Å². The number of halogens is 6. The van der Waals surface area contributed by atoms with Gasteiger partial charge < -0.3 is 66.5 Å². The molecule has 3 aromatic carbocycles. The van der Waals surface area contributed by atoms with Crippen molar-refractivity contribution in [3.05, 3.63) is 80.1 Å². The number of aliphatic hydroxyl groups is 4. The smallest absolute Gasteiger partial charge is 0.394 e. The topological polar surface area (TPSA) is 249 Å². The second kappa shape index (κ2) is 23.6. The van der Waals surface area contributed by atoms with Gasteiger partial charge in [-0.1, -0.05) is 70.4 Å². The van der Waals surface area contributed by atoms with E-state index in [1.165, 1.54) is 18.9 Å². The summed E-state index contributed by atoms with van der Waals surface area (Å²) < 4.78 is 98.6. The molecule has 2 aliphatic heterocycles. The molecule has 4 amide bonds. The zero-order valence-electron chi connectivity index (χ0n) is 35.9. The van der Waals surface area contributed by atoms with E-state index in [4.69, 9.17) is 14.2 Å². The Bertz CT molecular complexity index is 2120. The summed E-state index contributed by atoms with van der Waals surface area (Å²) in [6, 6.07) is 0.327. The van der Waals surface area contributed by atoms with Gasteiger partial charge in [0, 0.05) is 17.9 Å². The number of benzene rings is 2. The van der Waals surface area contributed by atoms with Gasteiger partial charge in [-0.3, -0.25) is 9.59 Å². The van der Waals surface area contributed by atoms with Gasteiger partial charge in [-0.15, -0.1) is 0 Å². The zero-order chi connectivity index (χ0) is 48.2. The fourth-order valence-electron chi connectivity index (χ4n) is 7.75. The highest BCUT2D eigenvalue weighted by Gasteiger charge is 2.51. The minimum absolute atomic E-state index is 0.0917. The Morgan fingerprint density at radius 1 is 0.712 bits per heavy atom. The molecule has 2 aliphatic rings. The number of hydrogen-bond donors (Lipinski definition) is 10. The van der Waals surface area contributed by atoms with Crippen molar-refractivity contribution in [3.8, 4) is 0 Å². The third-order valence-corrected chi connectivity index (χ3v) is 11.3. The van der Waals surface area contributed by atoms with E-state index in [1.54, 1.807) is 0 Å². The van der Waals surface area contributed by atoms with Crippen LogP contribution in [0.5, 0.6) is 0 Å². The number of ether oxygens (including phenoxy) is 3. The number of rotatable bonds is 21. The van der Waals surface area contributed by atoms with Crippen LogP contribution in [0.3, 0.4) is 0 Å². The molecule has 2 saturated heterocycles. The Balaban J connectivity index is 1.41. The molecule has 17 nitrogen and oxygen atoms in total. The summed E-state index contributed by atoms with van der Waals surface area (Å²) in [5.41, 5.74) is -4.92. The number of urea groups is 2. The van der Waals surface area contributed by atoms with Gasteiger partial charge in [-0.05, 0) is 42.8 Å². The fourth-order valence-corrected chi connectivity index (χ4v) is 7.75. The molecule has 0 aromatic heterocycles. The zero-order valence-corrected chi connectivity index (χ0v) is 35.9. The number of anilines is 4. The van der Waals surface area contributed by atoms with Gasteiger partial charge in [0.15, 0.2) is 6.29 Å². The molecule has 4 unspecified atom stereocenters. The second-order valence-electron chi connectivity index (χ2n) is 16.2. The van der Waals surface area contributed by atoms with E-state index in [2.05, 4.69) is 38.8 Å². The van der Waals surface area contributed by atoms with Crippen molar-refractivity contribution in [2.75, 3.05) is 47.6 Å². The number of unbranched alkanes of at least 4 members (excludes halogenated alkanes) is 8. The monoisotopic (exact) mass is 946 g/mol. The van der Waals surface area contributed by atoms with E-state index < -0.39 is 121 Å². The Morgan fingerprint density at radius 3 is 1.79 bits per heavy atom. The standard InChI is InChI=1S/C43H56F6N6O11/c1-2-3-4-5-6-7-8-9-10-17-50-31-32(36(60)35(31)59)54-30-28(20-56)64-22-27(53-40(62)51-25-15-11-13-23(18-25)42(44,45)46)38(30)66-39-33(37(61)34(58)29(21-57)65-39)55-41(63)52-26-16-12-14-24(19-26)43(47,48)49/h11-16,18-19,27-30,33-34,37-39,50,54,56-58,61H,2-10,17,20-22H2,1H3,(H2,51,53,62)(H2,52,55,63)/t27?,28?,29?,30-,33?,34+,37+,38+,39-/m0/s1. The van der Waals surface area contributed by atoms with Crippen molar-refractivity contribution in [2.45, 2.75) is 132 Å². The molecule has 0 spiro atoms. The number of carbonyl (C=O) groups is 2. The van der Waals surface area contributed by atoms with Crippen LogP contribution in [0.1, 0.15) is 75.8 Å². The number of aliphatic hydroxyl groups excluding tert-OH is 4. The van der Waals surface area contributed by atoms with Crippen LogP contribution in [0.15, 0.2) is 58.1 Å². The van der Waals surface area contributed by atoms with Crippen molar-refractivity contribution in [1.29, 1.82) is 0 Å². The quantitative estimate of drug-likeness (QED) is 0.0398. The summed E-state index contributed by atoms with van der Waals surface area (Å²) in [6.45, 7) is 0.271. The van der Waals surface area contributed by atoms with Crippen LogP contribution < -0.4 is 42.8 Å². The maximum Gasteiger partial charge on any atom is 0.416 e. The first-order chi connectivity index (χ1) is 31.4. The molecule has 366 valence electrons. The molecule has 0 saturated carbocycles. The van der Waals surface area contributed by atoms with E-state index >= 15 is 0 Å². The minimum Gasteiger partial charge on any atom is -0.394 e. The SMILES string of the molecule is CCCCCCCCCCCNc1c(N[C@H]2C(CO)OCC(NC(=O)Nc3cccc(C(F)(F)F)c3)[C@H]2O[C@@H]2OC(CO)[C@@H](O)[C@H](O)C2NC(=O)Nc2cccc(C(F)(F)F)c2)c(=O)c1=O. The summed E-state index contributed by atoms with van der Waals surface area (Å²) in [5, 5.41) is 57.7. The van der Waals surface area contributed by atoms with Gasteiger partial charge in [-0.2, -0.15) is 26.3 Å². The Hall–Kier alpha value is -5.04. The first kappa shape index (κ1) is 51.9. The first-order valence-electron chi connectivity index (χ1n) is 21.7. The van der Waals surface area contributed by atoms with E-state index in [9.17, 15) is 65.9 Å². The number of nitrogens with one attached hydrogen (secondary N) is 6. The number of amides is 4. The molecular formula is C43H56F6N6O11. The largest absolute Gasteiger partial charge is 0.416 e. The normalized spacial score (nSPS) is 24.7. The average Bonchev–Trinajstić information content (AvgIpc) is 3.27. The summed E-state index contributed by atoms with van der Waals surface area (Å²) >= 11 is 0. The molecule has 2 fully saturated rings. The molecule has 0 aliphatic carbocycles. The highest BCUT2D eigenvalue weighted by molar-refractivity contribution is 5.90. The predicted molar refractivity (Wildman–Crippen MR) is 229 cm³/mol. The average molecular weight is 947 g/mol. The van der Waals surface area contributed by atoms with Gasteiger partial charge >= 0.3 is 24.4 Å². The first-order valence-corrected chi connectivity index (χ1v) is 21.7. The molecule has 66 heavy (non-hydrogen) atoms. The van der Waals surface area contributed by atoms with Crippen LogP contribution in [-0.2, 0) is 26.6 Å². The molecule has 0 bridgehead atoms. The lowest BCUT2D eigenvalue weighted by molar-refractivity contribution is -0.291. The van der Waals surface area contributed by atoms with Crippen LogP contribution >= 0.6 is 0 Å². The number of hydrogen-bond acceptors (Lipinski definition) is 13. The third-order valence-electron chi connectivity index (χ3n) is 11.3. The highest BCUT2D eigenvalue weighted by atomic mass is 19.4. The van der Waals surface area contributed by atoms with E-state index in [0.29, 0.717) is 25.1 Å². The number of alkyl halides is 6. The van der Waals surface area contributed by atoms with Gasteiger partial charge in [0.25, 0.3) is 10.9 Å². The summed E-state index contributed by atoms with van der Waals surface area (Å²) in [5.74, 6) is 0. The lowest BCUT2D eigenvalue weighted by atomic mass is 9.93. The maximum atomic E-state index is 13.5. The van der Waals surface area contributed by atoms with E-state index in [0.717, 1.165) is 68.9 Å². The van der Waals surface area contributed by atoms with E-state index in [1.807, 2.05) is 0 Å². The molecule has 10 N–H and O–H groups in total. The van der Waals surface area contributed by atoms with Crippen molar-refractivity contribution in [3.63, 3.8) is 0 Å². The third kappa shape index (κ3) is 13.8. The molecular weight excluding hydrogens is 890 g/mol. The van der Waals surface area contributed by atoms with Crippen LogP contribution in [0, 0.1) is 0 Å². The molecule has 23 heteroatoms. The Morgan fingerprint density at radius 2 is 1.24 bits per heavy atom. The van der Waals surface area contributed by atoms with Gasteiger partial charge in [0.1, 0.15) is 47.9 Å². The molecule has 0 radical (unpaired) electrons. The van der Waals surface area contributed by atoms with Gasteiger partial charge in [0.2, 0.25) is 0 Å². The van der Waals surface area contributed by atoms with Crippen LogP contribution in [0.4, 0.5) is 58.7 Å². The highest BCUT2D eigenvalue weighted by Crippen LogP contribution is 2.33. The van der Waals surface area contributed by atoms with Crippen molar-refractivity contribution in [1.82, 2.24) is 10.6 Å². The van der Waals surface area contributed by atoms with Crippen LogP contribution in [0.2, 0.25) is 0 Å². The minimum atomic E-state index is -4.77. The Kier molecular flexibility index (Phi) is 18.6.